The van der Waals surface area contributed by atoms with Crippen molar-refractivity contribution >= 4 is 17.7 Å². The minimum absolute atomic E-state index is 0.132. The summed E-state index contributed by atoms with van der Waals surface area (Å²) in [7, 11) is 0. The Balaban J connectivity index is 1.79. The lowest BCUT2D eigenvalue weighted by Gasteiger charge is -2.34. The molecule has 1 heterocycles. The first kappa shape index (κ1) is 15.2. The molecule has 0 spiro atoms. The third-order valence-electron chi connectivity index (χ3n) is 3.43. The minimum Gasteiger partial charge on any atom is -0.492 e. The van der Waals surface area contributed by atoms with Gasteiger partial charge in [0.1, 0.15) is 12.4 Å². The summed E-state index contributed by atoms with van der Waals surface area (Å²) in [6.45, 7) is 4.38. The van der Waals surface area contributed by atoms with Crippen LogP contribution in [0.25, 0.3) is 0 Å². The maximum atomic E-state index is 10.9. The smallest absolute Gasteiger partial charge is 0.304 e. The molecule has 110 valence electrons. The SMILES string of the molecule is Cc1ccc(OCCN2CCSCC2CC(=O)O)cc1. The summed E-state index contributed by atoms with van der Waals surface area (Å²) in [6, 6.07) is 8.12. The van der Waals surface area contributed by atoms with Crippen LogP contribution in [0.15, 0.2) is 24.3 Å². The fourth-order valence-corrected chi connectivity index (χ4v) is 3.42. The molecule has 4 nitrogen and oxygen atoms in total. The van der Waals surface area contributed by atoms with Crippen molar-refractivity contribution < 1.29 is 14.6 Å². The van der Waals surface area contributed by atoms with Crippen LogP contribution in [0.4, 0.5) is 0 Å². The number of ether oxygens (including phenoxy) is 1. The predicted octanol–water partition coefficient (Wildman–Crippen LogP) is 2.27. The van der Waals surface area contributed by atoms with Crippen molar-refractivity contribution in [3.8, 4) is 5.75 Å². The molecular formula is C15H21NO3S. The summed E-state index contributed by atoms with van der Waals surface area (Å²) < 4.78 is 5.72. The van der Waals surface area contributed by atoms with Gasteiger partial charge in [0, 0.05) is 30.6 Å². The molecule has 1 fully saturated rings. The molecule has 1 aromatic carbocycles. The summed E-state index contributed by atoms with van der Waals surface area (Å²) >= 11 is 1.83. The number of rotatable bonds is 6. The molecule has 1 unspecified atom stereocenters. The first-order chi connectivity index (χ1) is 9.65. The Bertz CT molecular complexity index is 435. The van der Waals surface area contributed by atoms with Crippen LogP contribution in [0, 0.1) is 6.92 Å². The first-order valence-electron chi connectivity index (χ1n) is 6.88. The Labute approximate surface area is 124 Å². The predicted molar refractivity (Wildman–Crippen MR) is 81.6 cm³/mol. The van der Waals surface area contributed by atoms with Gasteiger partial charge in [0.25, 0.3) is 0 Å². The molecule has 0 saturated carbocycles. The largest absolute Gasteiger partial charge is 0.492 e. The molecule has 0 radical (unpaired) electrons. The highest BCUT2D eigenvalue weighted by atomic mass is 32.2. The molecular weight excluding hydrogens is 274 g/mol. The van der Waals surface area contributed by atoms with Crippen molar-refractivity contribution in [3.05, 3.63) is 29.8 Å². The van der Waals surface area contributed by atoms with Gasteiger partial charge in [-0.15, -0.1) is 0 Å². The molecule has 1 aliphatic rings. The van der Waals surface area contributed by atoms with Gasteiger partial charge in [0.05, 0.1) is 6.42 Å². The van der Waals surface area contributed by atoms with E-state index in [2.05, 4.69) is 4.90 Å². The third kappa shape index (κ3) is 4.72. The number of carboxylic acid groups (broad SMARTS) is 1. The van der Waals surface area contributed by atoms with Crippen molar-refractivity contribution in [1.29, 1.82) is 0 Å². The van der Waals surface area contributed by atoms with Gasteiger partial charge in [-0.25, -0.2) is 0 Å². The first-order valence-corrected chi connectivity index (χ1v) is 8.03. The highest BCUT2D eigenvalue weighted by molar-refractivity contribution is 7.99. The summed E-state index contributed by atoms with van der Waals surface area (Å²) in [5.41, 5.74) is 1.21. The van der Waals surface area contributed by atoms with Gasteiger partial charge in [0.15, 0.2) is 0 Å². The van der Waals surface area contributed by atoms with E-state index >= 15 is 0 Å². The number of carbonyl (C=O) groups is 1. The van der Waals surface area contributed by atoms with Gasteiger partial charge in [0.2, 0.25) is 0 Å². The lowest BCUT2D eigenvalue weighted by atomic mass is 10.2. The fraction of sp³-hybridized carbons (Fsp3) is 0.533. The van der Waals surface area contributed by atoms with Crippen molar-refractivity contribution in [2.45, 2.75) is 19.4 Å². The van der Waals surface area contributed by atoms with Gasteiger partial charge in [-0.1, -0.05) is 17.7 Å². The van der Waals surface area contributed by atoms with Gasteiger partial charge in [-0.05, 0) is 19.1 Å². The second-order valence-corrected chi connectivity index (χ2v) is 6.17. The van der Waals surface area contributed by atoms with Gasteiger partial charge in [-0.3, -0.25) is 9.69 Å². The Kier molecular flexibility index (Phi) is 5.73. The lowest BCUT2D eigenvalue weighted by molar-refractivity contribution is -0.138. The zero-order chi connectivity index (χ0) is 14.4. The van der Waals surface area contributed by atoms with E-state index in [4.69, 9.17) is 9.84 Å². The zero-order valence-corrected chi connectivity index (χ0v) is 12.6. The van der Waals surface area contributed by atoms with Crippen LogP contribution in [-0.2, 0) is 4.79 Å². The molecule has 0 bridgehead atoms. The van der Waals surface area contributed by atoms with E-state index < -0.39 is 5.97 Å². The van der Waals surface area contributed by atoms with E-state index in [0.29, 0.717) is 6.61 Å². The van der Waals surface area contributed by atoms with Crippen LogP contribution in [0.2, 0.25) is 0 Å². The quantitative estimate of drug-likeness (QED) is 0.872. The Morgan fingerprint density at radius 3 is 2.90 bits per heavy atom. The van der Waals surface area contributed by atoms with Gasteiger partial charge >= 0.3 is 5.97 Å². The summed E-state index contributed by atoms with van der Waals surface area (Å²) in [5.74, 6) is 2.12. The monoisotopic (exact) mass is 295 g/mol. The molecule has 1 aromatic rings. The average molecular weight is 295 g/mol. The van der Waals surface area contributed by atoms with E-state index in [1.165, 1.54) is 5.56 Å². The molecule has 1 saturated heterocycles. The van der Waals surface area contributed by atoms with Gasteiger partial charge in [-0.2, -0.15) is 11.8 Å². The fourth-order valence-electron chi connectivity index (χ4n) is 2.29. The van der Waals surface area contributed by atoms with Crippen LogP contribution >= 0.6 is 11.8 Å². The topological polar surface area (TPSA) is 49.8 Å². The van der Waals surface area contributed by atoms with Crippen molar-refractivity contribution in [2.24, 2.45) is 0 Å². The molecule has 1 N–H and O–H groups in total. The molecule has 1 aliphatic heterocycles. The van der Waals surface area contributed by atoms with E-state index in [1.54, 1.807) is 0 Å². The highest BCUT2D eigenvalue weighted by Gasteiger charge is 2.24. The summed E-state index contributed by atoms with van der Waals surface area (Å²) in [4.78, 5) is 13.1. The van der Waals surface area contributed by atoms with E-state index in [1.807, 2.05) is 43.0 Å². The van der Waals surface area contributed by atoms with Crippen LogP contribution in [-0.4, -0.2) is 53.2 Å². The van der Waals surface area contributed by atoms with Crippen molar-refractivity contribution in [2.75, 3.05) is 31.2 Å². The Morgan fingerprint density at radius 2 is 2.20 bits per heavy atom. The molecule has 5 heteroatoms. The summed E-state index contributed by atoms with van der Waals surface area (Å²) in [5, 5.41) is 8.95. The number of benzene rings is 1. The Morgan fingerprint density at radius 1 is 1.45 bits per heavy atom. The van der Waals surface area contributed by atoms with E-state index in [0.717, 1.165) is 30.3 Å². The highest BCUT2D eigenvalue weighted by Crippen LogP contribution is 2.19. The average Bonchev–Trinajstić information content (AvgIpc) is 2.42. The van der Waals surface area contributed by atoms with Crippen LogP contribution in [0.1, 0.15) is 12.0 Å². The number of hydrogen-bond acceptors (Lipinski definition) is 4. The lowest BCUT2D eigenvalue weighted by Crippen LogP contribution is -2.45. The van der Waals surface area contributed by atoms with E-state index in [9.17, 15) is 4.79 Å². The molecule has 20 heavy (non-hydrogen) atoms. The van der Waals surface area contributed by atoms with Crippen molar-refractivity contribution in [3.63, 3.8) is 0 Å². The number of aliphatic carboxylic acids is 1. The molecule has 1 atom stereocenters. The van der Waals surface area contributed by atoms with Crippen molar-refractivity contribution in [1.82, 2.24) is 4.90 Å². The van der Waals surface area contributed by atoms with Crippen LogP contribution < -0.4 is 4.74 Å². The van der Waals surface area contributed by atoms with Crippen LogP contribution in [0.3, 0.4) is 0 Å². The Hall–Kier alpha value is -1.20. The minimum atomic E-state index is -0.720. The number of hydrogen-bond donors (Lipinski definition) is 1. The second kappa shape index (κ2) is 7.55. The number of carboxylic acids is 1. The number of nitrogens with zero attached hydrogens (tertiary/aromatic N) is 1. The number of thioether (sulfide) groups is 1. The zero-order valence-electron chi connectivity index (χ0n) is 11.7. The maximum Gasteiger partial charge on any atom is 0.304 e. The molecule has 0 aromatic heterocycles. The number of aryl methyl sites for hydroxylation is 1. The molecule has 2 rings (SSSR count). The summed E-state index contributed by atoms with van der Waals surface area (Å²) in [6.07, 6.45) is 0.220. The maximum absolute atomic E-state index is 10.9. The van der Waals surface area contributed by atoms with E-state index in [-0.39, 0.29) is 12.5 Å². The van der Waals surface area contributed by atoms with Crippen LogP contribution in [0.5, 0.6) is 5.75 Å². The van der Waals surface area contributed by atoms with Gasteiger partial charge < -0.3 is 9.84 Å². The molecule has 0 amide bonds. The standard InChI is InChI=1S/C15H21NO3S/c1-12-2-4-14(5-3-12)19-8-6-16-7-9-20-11-13(16)10-15(17)18/h2-5,13H,6-11H2,1H3,(H,17,18). The normalized spacial score (nSPS) is 19.8. The third-order valence-corrected chi connectivity index (χ3v) is 4.52. The second-order valence-electron chi connectivity index (χ2n) is 5.02. The molecule has 0 aliphatic carbocycles.